The van der Waals surface area contributed by atoms with Crippen LogP contribution < -0.4 is 10.2 Å². The van der Waals surface area contributed by atoms with E-state index in [0.29, 0.717) is 12.4 Å². The van der Waals surface area contributed by atoms with Crippen molar-refractivity contribution in [3.8, 4) is 5.75 Å². The zero-order chi connectivity index (χ0) is 14.4. The highest BCUT2D eigenvalue weighted by molar-refractivity contribution is 5.92. The van der Waals surface area contributed by atoms with Gasteiger partial charge in [0, 0.05) is 0 Å². The first-order valence-corrected chi connectivity index (χ1v) is 6.31. The number of carbonyl (C=O) groups is 1. The first-order chi connectivity index (χ1) is 9.69. The van der Waals surface area contributed by atoms with Gasteiger partial charge in [-0.2, -0.15) is 5.10 Å². The molecule has 0 aliphatic heterocycles. The number of rotatable bonds is 5. The van der Waals surface area contributed by atoms with E-state index in [9.17, 15) is 4.79 Å². The zero-order valence-electron chi connectivity index (χ0n) is 11.4. The maximum Gasteiger partial charge on any atom is 0.307 e. The minimum Gasteiger partial charge on any atom is -0.494 e. The lowest BCUT2D eigenvalue weighted by molar-refractivity contribution is 0.0926. The number of carbonyl (C=O) groups excluding carboxylic acids is 1. The molecule has 0 atom stereocenters. The van der Waals surface area contributed by atoms with E-state index in [4.69, 9.17) is 9.15 Å². The highest BCUT2D eigenvalue weighted by Crippen LogP contribution is 2.10. The van der Waals surface area contributed by atoms with Crippen LogP contribution >= 0.6 is 0 Å². The van der Waals surface area contributed by atoms with Crippen LogP contribution in [0.2, 0.25) is 0 Å². The summed E-state index contributed by atoms with van der Waals surface area (Å²) in [6, 6.07) is 10.8. The molecule has 1 heterocycles. The molecule has 0 saturated carbocycles. The first kappa shape index (κ1) is 13.9. The Morgan fingerprint density at radius 1 is 1.30 bits per heavy atom. The van der Waals surface area contributed by atoms with Crippen LogP contribution in [0.15, 0.2) is 45.9 Å². The van der Waals surface area contributed by atoms with Crippen molar-refractivity contribution in [2.24, 2.45) is 5.10 Å². The van der Waals surface area contributed by atoms with Crippen LogP contribution in [0, 0.1) is 6.92 Å². The summed E-state index contributed by atoms with van der Waals surface area (Å²) in [5, 5.41) is 3.88. The SMILES string of the molecule is CCOc1ccc(/C=N\NC(=O)c2ccc(C)o2)cc1. The molecule has 2 rings (SSSR count). The molecule has 1 aromatic heterocycles. The molecule has 5 heteroatoms. The molecule has 0 fully saturated rings. The van der Waals surface area contributed by atoms with Crippen molar-refractivity contribution in [2.75, 3.05) is 6.61 Å². The van der Waals surface area contributed by atoms with Gasteiger partial charge < -0.3 is 9.15 Å². The standard InChI is InChI=1S/C15H16N2O3/c1-3-19-13-7-5-12(6-8-13)10-16-17-15(18)14-9-4-11(2)20-14/h4-10H,3H2,1-2H3,(H,17,18)/b16-10-. The molecule has 0 bridgehead atoms. The van der Waals surface area contributed by atoms with E-state index in [2.05, 4.69) is 10.5 Å². The predicted octanol–water partition coefficient (Wildman–Crippen LogP) is 2.75. The van der Waals surface area contributed by atoms with Crippen molar-refractivity contribution < 1.29 is 13.9 Å². The largest absolute Gasteiger partial charge is 0.494 e. The average Bonchev–Trinajstić information content (AvgIpc) is 2.88. The number of hydrazone groups is 1. The van der Waals surface area contributed by atoms with Crippen LogP contribution in [0.4, 0.5) is 0 Å². The molecule has 2 aromatic rings. The number of furan rings is 1. The van der Waals surface area contributed by atoms with Gasteiger partial charge >= 0.3 is 5.91 Å². The second kappa shape index (κ2) is 6.56. The minimum atomic E-state index is -0.375. The number of hydrogen-bond acceptors (Lipinski definition) is 4. The first-order valence-electron chi connectivity index (χ1n) is 6.31. The van der Waals surface area contributed by atoms with Gasteiger partial charge in [-0.15, -0.1) is 0 Å². The Labute approximate surface area is 117 Å². The minimum absolute atomic E-state index is 0.242. The molecular weight excluding hydrogens is 256 g/mol. The number of nitrogens with one attached hydrogen (secondary N) is 1. The number of hydrogen-bond donors (Lipinski definition) is 1. The number of ether oxygens (including phenoxy) is 1. The summed E-state index contributed by atoms with van der Waals surface area (Å²) in [6.45, 7) is 4.34. The van der Waals surface area contributed by atoms with Crippen molar-refractivity contribution in [1.29, 1.82) is 0 Å². The summed E-state index contributed by atoms with van der Waals surface area (Å²) >= 11 is 0. The fourth-order valence-electron chi connectivity index (χ4n) is 1.59. The fraction of sp³-hybridized carbons (Fsp3) is 0.200. The van der Waals surface area contributed by atoms with Gasteiger partial charge in [0.25, 0.3) is 0 Å². The Bertz CT molecular complexity index is 600. The Hall–Kier alpha value is -2.56. The van der Waals surface area contributed by atoms with E-state index < -0.39 is 0 Å². The topological polar surface area (TPSA) is 63.8 Å². The van der Waals surface area contributed by atoms with Gasteiger partial charge in [0.05, 0.1) is 12.8 Å². The van der Waals surface area contributed by atoms with Crippen molar-refractivity contribution >= 4 is 12.1 Å². The summed E-state index contributed by atoms with van der Waals surface area (Å²) in [6.07, 6.45) is 1.56. The molecule has 0 radical (unpaired) electrons. The second-order valence-corrected chi connectivity index (χ2v) is 4.11. The molecule has 20 heavy (non-hydrogen) atoms. The maximum absolute atomic E-state index is 11.6. The Morgan fingerprint density at radius 3 is 2.65 bits per heavy atom. The highest BCUT2D eigenvalue weighted by Gasteiger charge is 2.07. The Morgan fingerprint density at radius 2 is 2.05 bits per heavy atom. The van der Waals surface area contributed by atoms with Gasteiger partial charge in [-0.25, -0.2) is 5.43 Å². The fourth-order valence-corrected chi connectivity index (χ4v) is 1.59. The summed E-state index contributed by atoms with van der Waals surface area (Å²) in [5.41, 5.74) is 3.27. The van der Waals surface area contributed by atoms with Crippen molar-refractivity contribution in [1.82, 2.24) is 5.43 Å². The van der Waals surface area contributed by atoms with E-state index in [1.54, 1.807) is 25.3 Å². The molecule has 1 aromatic carbocycles. The van der Waals surface area contributed by atoms with Gasteiger partial charge in [-0.3, -0.25) is 4.79 Å². The predicted molar refractivity (Wildman–Crippen MR) is 76.1 cm³/mol. The third kappa shape index (κ3) is 3.71. The maximum atomic E-state index is 11.6. The molecule has 0 aliphatic rings. The summed E-state index contributed by atoms with van der Waals surface area (Å²) in [4.78, 5) is 11.6. The number of aryl methyl sites for hydroxylation is 1. The number of amides is 1. The van der Waals surface area contributed by atoms with Gasteiger partial charge in [0.1, 0.15) is 11.5 Å². The lowest BCUT2D eigenvalue weighted by Crippen LogP contribution is -2.16. The smallest absolute Gasteiger partial charge is 0.307 e. The van der Waals surface area contributed by atoms with E-state index in [-0.39, 0.29) is 11.7 Å². The zero-order valence-corrected chi connectivity index (χ0v) is 11.4. The monoisotopic (exact) mass is 272 g/mol. The van der Waals surface area contributed by atoms with Gasteiger partial charge in [-0.05, 0) is 55.8 Å². The van der Waals surface area contributed by atoms with Gasteiger partial charge in [-0.1, -0.05) is 0 Å². The highest BCUT2D eigenvalue weighted by atomic mass is 16.5. The lowest BCUT2D eigenvalue weighted by Gasteiger charge is -2.02. The van der Waals surface area contributed by atoms with Crippen molar-refractivity contribution in [3.63, 3.8) is 0 Å². The molecule has 1 N–H and O–H groups in total. The molecule has 104 valence electrons. The Kier molecular flexibility index (Phi) is 4.55. The van der Waals surface area contributed by atoms with Crippen LogP contribution in [0.5, 0.6) is 5.75 Å². The van der Waals surface area contributed by atoms with Crippen molar-refractivity contribution in [2.45, 2.75) is 13.8 Å². The molecule has 0 unspecified atom stereocenters. The van der Waals surface area contributed by atoms with E-state index in [1.807, 2.05) is 31.2 Å². The summed E-state index contributed by atoms with van der Waals surface area (Å²) < 4.78 is 10.5. The molecule has 0 saturated heterocycles. The third-order valence-corrected chi connectivity index (χ3v) is 2.53. The molecular formula is C15H16N2O3. The van der Waals surface area contributed by atoms with Crippen LogP contribution in [-0.4, -0.2) is 18.7 Å². The Balaban J connectivity index is 1.91. The van der Waals surface area contributed by atoms with Crippen LogP contribution in [0.1, 0.15) is 28.8 Å². The molecule has 5 nitrogen and oxygen atoms in total. The normalized spacial score (nSPS) is 10.7. The second-order valence-electron chi connectivity index (χ2n) is 4.11. The number of benzene rings is 1. The van der Waals surface area contributed by atoms with E-state index in [0.717, 1.165) is 11.3 Å². The summed E-state index contributed by atoms with van der Waals surface area (Å²) in [7, 11) is 0. The van der Waals surface area contributed by atoms with Crippen LogP contribution in [0.3, 0.4) is 0 Å². The lowest BCUT2D eigenvalue weighted by atomic mass is 10.2. The van der Waals surface area contributed by atoms with Gasteiger partial charge in [0.15, 0.2) is 5.76 Å². The van der Waals surface area contributed by atoms with Gasteiger partial charge in [0.2, 0.25) is 0 Å². The van der Waals surface area contributed by atoms with Crippen molar-refractivity contribution in [3.05, 3.63) is 53.5 Å². The average molecular weight is 272 g/mol. The van der Waals surface area contributed by atoms with Crippen LogP contribution in [0.25, 0.3) is 0 Å². The molecule has 1 amide bonds. The quantitative estimate of drug-likeness (QED) is 0.672. The van der Waals surface area contributed by atoms with E-state index >= 15 is 0 Å². The molecule has 0 spiro atoms. The third-order valence-electron chi connectivity index (χ3n) is 2.53. The van der Waals surface area contributed by atoms with Crippen LogP contribution in [-0.2, 0) is 0 Å². The number of nitrogens with zero attached hydrogens (tertiary/aromatic N) is 1. The summed E-state index contributed by atoms with van der Waals surface area (Å²) in [5.74, 6) is 1.36. The molecule has 0 aliphatic carbocycles. The van der Waals surface area contributed by atoms with E-state index in [1.165, 1.54) is 0 Å².